The third-order valence-corrected chi connectivity index (χ3v) is 5.45. The van der Waals surface area contributed by atoms with Gasteiger partial charge in [0.1, 0.15) is 11.1 Å². The number of carbonyl (C=O) groups is 2. The van der Waals surface area contributed by atoms with Crippen molar-refractivity contribution in [2.45, 2.75) is 45.3 Å². The second-order valence-electron chi connectivity index (χ2n) is 7.86. The lowest BCUT2D eigenvalue weighted by Gasteiger charge is -2.28. The number of amides is 2. The smallest absolute Gasteiger partial charge is 0.240 e. The highest BCUT2D eigenvalue weighted by atomic mass is 32.2. The molecular formula is C20H23FN4O2S. The van der Waals surface area contributed by atoms with Gasteiger partial charge >= 0.3 is 0 Å². The largest absolute Gasteiger partial charge is 0.326 e. The topological polar surface area (TPSA) is 82.9 Å². The first kappa shape index (κ1) is 20.3. The molecule has 6 nitrogen and oxygen atoms in total. The number of nitrogens with zero attached hydrogens (tertiary/aromatic N) is 2. The second-order valence-corrected chi connectivity index (χ2v) is 9.05. The van der Waals surface area contributed by atoms with Crippen molar-refractivity contribution in [1.29, 1.82) is 0 Å². The van der Waals surface area contributed by atoms with E-state index in [0.29, 0.717) is 10.9 Å². The molecule has 0 saturated carbocycles. The Labute approximate surface area is 167 Å². The highest BCUT2D eigenvalue weighted by Gasteiger charge is 2.32. The fourth-order valence-electron chi connectivity index (χ4n) is 3.37. The molecule has 0 aromatic heterocycles. The average molecular weight is 402 g/mol. The Hall–Kier alpha value is -2.48. The third kappa shape index (κ3) is 5.51. The predicted molar refractivity (Wildman–Crippen MR) is 111 cm³/mol. The number of nitrogens with one attached hydrogen (secondary N) is 2. The van der Waals surface area contributed by atoms with Crippen LogP contribution in [0.4, 0.5) is 10.1 Å². The maximum absolute atomic E-state index is 12.9. The van der Waals surface area contributed by atoms with Gasteiger partial charge in [0.05, 0.1) is 5.71 Å². The van der Waals surface area contributed by atoms with Crippen LogP contribution in [-0.2, 0) is 9.59 Å². The van der Waals surface area contributed by atoms with Crippen molar-refractivity contribution in [3.63, 3.8) is 0 Å². The molecule has 0 radical (unpaired) electrons. The lowest BCUT2D eigenvalue weighted by Crippen LogP contribution is -2.28. The highest BCUT2D eigenvalue weighted by molar-refractivity contribution is 8.15. The molecule has 1 aliphatic heterocycles. The molecule has 0 bridgehead atoms. The second kappa shape index (κ2) is 8.26. The van der Waals surface area contributed by atoms with Crippen molar-refractivity contribution in [1.82, 2.24) is 5.32 Å². The number of allylic oxidation sites excluding steroid dienone is 2. The molecule has 2 N–H and O–H groups in total. The molecule has 1 atom stereocenters. The molecule has 0 spiro atoms. The van der Waals surface area contributed by atoms with E-state index in [1.807, 2.05) is 6.08 Å². The van der Waals surface area contributed by atoms with Crippen LogP contribution in [-0.4, -0.2) is 27.9 Å². The van der Waals surface area contributed by atoms with Gasteiger partial charge in [-0.25, -0.2) is 4.39 Å². The molecule has 28 heavy (non-hydrogen) atoms. The van der Waals surface area contributed by atoms with Crippen molar-refractivity contribution >= 4 is 40.1 Å². The Bertz CT molecular complexity index is 875. The van der Waals surface area contributed by atoms with Gasteiger partial charge in [-0.2, -0.15) is 5.10 Å². The van der Waals surface area contributed by atoms with E-state index >= 15 is 0 Å². The Balaban J connectivity index is 1.59. The minimum Gasteiger partial charge on any atom is -0.326 e. The molecule has 2 aliphatic rings. The predicted octanol–water partition coefficient (Wildman–Crippen LogP) is 3.86. The number of hydrogen-bond acceptors (Lipinski definition) is 5. The van der Waals surface area contributed by atoms with Gasteiger partial charge in [-0.15, -0.1) is 5.10 Å². The van der Waals surface area contributed by atoms with E-state index in [1.54, 1.807) is 0 Å². The van der Waals surface area contributed by atoms with Gasteiger partial charge < -0.3 is 10.6 Å². The number of amidine groups is 1. The van der Waals surface area contributed by atoms with Gasteiger partial charge in [-0.3, -0.25) is 9.59 Å². The van der Waals surface area contributed by atoms with Crippen LogP contribution in [0.5, 0.6) is 0 Å². The Morgan fingerprint density at radius 1 is 1.29 bits per heavy atom. The van der Waals surface area contributed by atoms with Crippen LogP contribution in [0, 0.1) is 11.2 Å². The SMILES string of the molecule is CC1=C/C(=N/N=C2/NC(=O)C(CC(=O)Nc3ccc(F)cc3)S2)CC(C)(C)C1. The van der Waals surface area contributed by atoms with E-state index < -0.39 is 5.25 Å². The first-order chi connectivity index (χ1) is 13.2. The van der Waals surface area contributed by atoms with Gasteiger partial charge in [0.25, 0.3) is 0 Å². The van der Waals surface area contributed by atoms with E-state index in [9.17, 15) is 14.0 Å². The fraction of sp³-hybridized carbons (Fsp3) is 0.400. The third-order valence-electron chi connectivity index (χ3n) is 4.37. The van der Waals surface area contributed by atoms with Crippen LogP contribution < -0.4 is 10.6 Å². The van der Waals surface area contributed by atoms with Crippen LogP contribution in [0.25, 0.3) is 0 Å². The highest BCUT2D eigenvalue weighted by Crippen LogP contribution is 2.34. The van der Waals surface area contributed by atoms with E-state index in [0.717, 1.165) is 18.6 Å². The van der Waals surface area contributed by atoms with Crippen molar-refractivity contribution in [2.24, 2.45) is 15.6 Å². The Morgan fingerprint density at radius 2 is 2.00 bits per heavy atom. The summed E-state index contributed by atoms with van der Waals surface area (Å²) in [6, 6.07) is 5.47. The van der Waals surface area contributed by atoms with E-state index in [4.69, 9.17) is 0 Å². The minimum absolute atomic E-state index is 0.00445. The maximum atomic E-state index is 12.9. The number of thioether (sulfide) groups is 1. The van der Waals surface area contributed by atoms with Gasteiger partial charge in [-0.05, 0) is 55.5 Å². The van der Waals surface area contributed by atoms with Crippen LogP contribution in [0.3, 0.4) is 0 Å². The van der Waals surface area contributed by atoms with Crippen LogP contribution in [0.15, 0.2) is 46.1 Å². The van der Waals surface area contributed by atoms with Gasteiger partial charge in [0, 0.05) is 12.1 Å². The lowest BCUT2D eigenvalue weighted by molar-refractivity contribution is -0.122. The molecule has 8 heteroatoms. The number of carbonyl (C=O) groups excluding carboxylic acids is 2. The summed E-state index contributed by atoms with van der Waals surface area (Å²) >= 11 is 1.19. The molecule has 1 aliphatic carbocycles. The summed E-state index contributed by atoms with van der Waals surface area (Å²) in [5, 5.41) is 13.6. The van der Waals surface area contributed by atoms with E-state index in [1.165, 1.54) is 41.6 Å². The summed E-state index contributed by atoms with van der Waals surface area (Å²) in [4.78, 5) is 24.3. The summed E-state index contributed by atoms with van der Waals surface area (Å²) in [5.41, 5.74) is 2.77. The van der Waals surface area contributed by atoms with Crippen molar-refractivity contribution in [2.75, 3.05) is 5.32 Å². The molecule has 1 aromatic carbocycles. The average Bonchev–Trinajstić information content (AvgIpc) is 2.93. The summed E-state index contributed by atoms with van der Waals surface area (Å²) in [6.45, 7) is 6.45. The van der Waals surface area contributed by atoms with Crippen molar-refractivity contribution < 1.29 is 14.0 Å². The quantitative estimate of drug-likeness (QED) is 0.750. The lowest BCUT2D eigenvalue weighted by atomic mass is 9.77. The molecule has 1 unspecified atom stereocenters. The maximum Gasteiger partial charge on any atom is 0.240 e. The summed E-state index contributed by atoms with van der Waals surface area (Å²) in [5.74, 6) is -0.967. The zero-order chi connectivity index (χ0) is 20.3. The monoisotopic (exact) mass is 402 g/mol. The van der Waals surface area contributed by atoms with Crippen molar-refractivity contribution in [3.05, 3.63) is 41.7 Å². The van der Waals surface area contributed by atoms with Crippen LogP contribution >= 0.6 is 11.8 Å². The van der Waals surface area contributed by atoms with E-state index in [2.05, 4.69) is 41.6 Å². The number of rotatable bonds is 4. The molecule has 1 heterocycles. The zero-order valence-corrected chi connectivity index (χ0v) is 16.9. The zero-order valence-electron chi connectivity index (χ0n) is 16.1. The molecule has 148 valence electrons. The molecule has 2 amide bonds. The van der Waals surface area contributed by atoms with Crippen LogP contribution in [0.1, 0.15) is 40.0 Å². The Morgan fingerprint density at radius 3 is 2.68 bits per heavy atom. The molecule has 3 rings (SSSR count). The number of benzene rings is 1. The fourth-order valence-corrected chi connectivity index (χ4v) is 4.29. The van der Waals surface area contributed by atoms with Gasteiger partial charge in [-0.1, -0.05) is 31.2 Å². The molecule has 1 fully saturated rings. The Kier molecular flexibility index (Phi) is 5.98. The summed E-state index contributed by atoms with van der Waals surface area (Å²) < 4.78 is 12.9. The summed E-state index contributed by atoms with van der Waals surface area (Å²) in [6.07, 6.45) is 3.88. The first-order valence-electron chi connectivity index (χ1n) is 9.05. The molecule has 1 aromatic rings. The molecule has 1 saturated heterocycles. The minimum atomic E-state index is -0.570. The normalized spacial score (nSPS) is 24.2. The van der Waals surface area contributed by atoms with Gasteiger partial charge in [0.15, 0.2) is 5.17 Å². The van der Waals surface area contributed by atoms with Gasteiger partial charge in [0.2, 0.25) is 11.8 Å². The number of anilines is 1. The van der Waals surface area contributed by atoms with Crippen LogP contribution in [0.2, 0.25) is 0 Å². The first-order valence-corrected chi connectivity index (χ1v) is 9.93. The van der Waals surface area contributed by atoms with E-state index in [-0.39, 0.29) is 29.5 Å². The van der Waals surface area contributed by atoms with Crippen molar-refractivity contribution in [3.8, 4) is 0 Å². The summed E-state index contributed by atoms with van der Waals surface area (Å²) in [7, 11) is 0. The standard InChI is InChI=1S/C20H23FN4O2S/c1-12-8-15(11-20(2,3)10-12)24-25-19-23-18(27)16(28-19)9-17(26)22-14-6-4-13(21)5-7-14/h4-8,16H,9-11H2,1-3H3,(H,22,26)(H,23,25,27)/b24-15-. The molecular weight excluding hydrogens is 379 g/mol. The number of hydrogen-bond donors (Lipinski definition) is 2. The number of halogens is 1.